The minimum absolute atomic E-state index is 0.0502. The first-order valence-corrected chi connectivity index (χ1v) is 21.2. The molecule has 2 rings (SSSR count). The van der Waals surface area contributed by atoms with Gasteiger partial charge in [-0.1, -0.05) is 124 Å². The van der Waals surface area contributed by atoms with E-state index in [2.05, 4.69) is 27.3 Å². The SMILES string of the molecule is CCCCCC[Si](CCCCCCCC[Si](C)(CC)CC)(Oc1c(F)c(F)c(F)c2cc(F)c(F)c(F)c12)C(C)C. The molecule has 0 aliphatic heterocycles. The average Bonchev–Trinajstić information content (AvgIpc) is 2.95. The van der Waals surface area contributed by atoms with Crippen molar-refractivity contribution in [2.45, 2.75) is 141 Å². The molecular formula is C32H50F6OSi2. The van der Waals surface area contributed by atoms with Crippen molar-refractivity contribution in [3.8, 4) is 5.75 Å². The van der Waals surface area contributed by atoms with Crippen LogP contribution in [0.2, 0.25) is 42.3 Å². The summed E-state index contributed by atoms with van der Waals surface area (Å²) in [6.07, 6.45) is 10.3. The number of fused-ring (bicyclic) bond motifs is 1. The van der Waals surface area contributed by atoms with Crippen molar-refractivity contribution in [2.75, 3.05) is 0 Å². The van der Waals surface area contributed by atoms with Gasteiger partial charge in [-0.3, -0.25) is 0 Å². The van der Waals surface area contributed by atoms with Gasteiger partial charge in [0.05, 0.1) is 5.39 Å². The van der Waals surface area contributed by atoms with E-state index in [0.717, 1.165) is 51.4 Å². The van der Waals surface area contributed by atoms with Crippen LogP contribution in [0.4, 0.5) is 26.3 Å². The van der Waals surface area contributed by atoms with E-state index < -0.39 is 67.8 Å². The summed E-state index contributed by atoms with van der Waals surface area (Å²) in [5.41, 5.74) is -0.0502. The first-order valence-electron chi connectivity index (χ1n) is 15.7. The highest BCUT2D eigenvalue weighted by Gasteiger charge is 2.42. The van der Waals surface area contributed by atoms with Gasteiger partial charge in [0.15, 0.2) is 34.8 Å². The van der Waals surface area contributed by atoms with E-state index in [1.807, 2.05) is 13.8 Å². The molecular weight excluding hydrogens is 571 g/mol. The Labute approximate surface area is 245 Å². The molecule has 41 heavy (non-hydrogen) atoms. The molecule has 0 aliphatic rings. The highest BCUT2D eigenvalue weighted by molar-refractivity contribution is 6.78. The number of benzene rings is 2. The number of hydrogen-bond donors (Lipinski definition) is 0. The van der Waals surface area contributed by atoms with Gasteiger partial charge in [0.2, 0.25) is 5.82 Å². The van der Waals surface area contributed by atoms with Gasteiger partial charge in [-0.25, -0.2) is 22.0 Å². The van der Waals surface area contributed by atoms with Crippen LogP contribution in [0.5, 0.6) is 5.75 Å². The fourth-order valence-electron chi connectivity index (χ4n) is 5.77. The average molecular weight is 621 g/mol. The third-order valence-corrected chi connectivity index (χ3v) is 19.4. The van der Waals surface area contributed by atoms with Crippen molar-refractivity contribution in [3.63, 3.8) is 0 Å². The van der Waals surface area contributed by atoms with E-state index in [4.69, 9.17) is 4.43 Å². The second kappa shape index (κ2) is 16.4. The van der Waals surface area contributed by atoms with Crippen molar-refractivity contribution >= 4 is 27.2 Å². The summed E-state index contributed by atoms with van der Waals surface area (Å²) >= 11 is 0. The van der Waals surface area contributed by atoms with Crippen LogP contribution in [-0.2, 0) is 0 Å². The highest BCUT2D eigenvalue weighted by atomic mass is 28.4. The lowest BCUT2D eigenvalue weighted by molar-refractivity contribution is 0.406. The molecule has 0 N–H and O–H groups in total. The molecule has 1 atom stereocenters. The van der Waals surface area contributed by atoms with E-state index in [1.165, 1.54) is 31.0 Å². The molecule has 2 aromatic rings. The van der Waals surface area contributed by atoms with Gasteiger partial charge in [0.25, 0.3) is 8.32 Å². The monoisotopic (exact) mass is 620 g/mol. The molecule has 1 nitrogen and oxygen atoms in total. The zero-order valence-corrected chi connectivity index (χ0v) is 27.9. The lowest BCUT2D eigenvalue weighted by atomic mass is 10.1. The predicted molar refractivity (Wildman–Crippen MR) is 164 cm³/mol. The van der Waals surface area contributed by atoms with Crippen molar-refractivity contribution < 1.29 is 30.8 Å². The Kier molecular flexibility index (Phi) is 14.3. The molecule has 0 fully saturated rings. The summed E-state index contributed by atoms with van der Waals surface area (Å²) in [5.74, 6) is -11.5. The second-order valence-electron chi connectivity index (χ2n) is 12.5. The normalized spacial score (nSPS) is 13.8. The summed E-state index contributed by atoms with van der Waals surface area (Å²) in [7, 11) is -4.00. The Balaban J connectivity index is 2.28. The van der Waals surface area contributed by atoms with Gasteiger partial charge in [-0.05, 0) is 23.7 Å². The quantitative estimate of drug-likeness (QED) is 0.0657. The molecule has 0 saturated carbocycles. The van der Waals surface area contributed by atoms with Gasteiger partial charge < -0.3 is 4.43 Å². The molecule has 2 aromatic carbocycles. The van der Waals surface area contributed by atoms with E-state index in [9.17, 15) is 22.0 Å². The van der Waals surface area contributed by atoms with Crippen LogP contribution < -0.4 is 4.43 Å². The Morgan fingerprint density at radius 1 is 0.634 bits per heavy atom. The Bertz CT molecular complexity index is 1120. The minimum atomic E-state index is -2.92. The van der Waals surface area contributed by atoms with Crippen molar-refractivity contribution in [1.29, 1.82) is 0 Å². The van der Waals surface area contributed by atoms with E-state index in [1.54, 1.807) is 0 Å². The number of unbranched alkanes of at least 4 members (excludes halogenated alkanes) is 8. The Morgan fingerprint density at radius 3 is 1.66 bits per heavy atom. The van der Waals surface area contributed by atoms with Gasteiger partial charge in [-0.15, -0.1) is 0 Å². The second-order valence-corrected chi connectivity index (χ2v) is 22.5. The van der Waals surface area contributed by atoms with Gasteiger partial charge in [-0.2, -0.15) is 4.39 Å². The van der Waals surface area contributed by atoms with Crippen LogP contribution in [0.25, 0.3) is 10.8 Å². The van der Waals surface area contributed by atoms with Crippen LogP contribution in [0.3, 0.4) is 0 Å². The van der Waals surface area contributed by atoms with Gasteiger partial charge in [0.1, 0.15) is 0 Å². The topological polar surface area (TPSA) is 9.23 Å². The molecule has 0 spiro atoms. The van der Waals surface area contributed by atoms with Gasteiger partial charge >= 0.3 is 0 Å². The van der Waals surface area contributed by atoms with E-state index in [0.29, 0.717) is 18.2 Å². The van der Waals surface area contributed by atoms with Crippen LogP contribution in [0, 0.1) is 34.9 Å². The van der Waals surface area contributed by atoms with Crippen molar-refractivity contribution in [3.05, 3.63) is 41.0 Å². The summed E-state index contributed by atoms with van der Waals surface area (Å²) in [4.78, 5) is 0. The first kappa shape index (κ1) is 35.7. The first-order chi connectivity index (χ1) is 19.4. The predicted octanol–water partition coefficient (Wildman–Crippen LogP) is 12.4. The molecule has 0 bridgehead atoms. The molecule has 0 heterocycles. The number of halogens is 6. The fourth-order valence-corrected chi connectivity index (χ4v) is 12.2. The summed E-state index contributed by atoms with van der Waals surface area (Å²) in [5, 5.41) is -1.74. The van der Waals surface area contributed by atoms with Crippen LogP contribution in [0.15, 0.2) is 6.07 Å². The maximum Gasteiger partial charge on any atom is 0.253 e. The summed E-state index contributed by atoms with van der Waals surface area (Å²) < 4.78 is 94.0. The maximum atomic E-state index is 15.2. The van der Waals surface area contributed by atoms with E-state index >= 15 is 4.39 Å². The lowest BCUT2D eigenvalue weighted by Crippen LogP contribution is -2.45. The largest absolute Gasteiger partial charge is 0.541 e. The van der Waals surface area contributed by atoms with E-state index in [-0.39, 0.29) is 5.54 Å². The van der Waals surface area contributed by atoms with Gasteiger partial charge in [0, 0.05) is 13.5 Å². The van der Waals surface area contributed by atoms with Crippen LogP contribution >= 0.6 is 0 Å². The van der Waals surface area contributed by atoms with Crippen molar-refractivity contribution in [2.24, 2.45) is 0 Å². The molecule has 0 saturated heterocycles. The number of rotatable bonds is 19. The van der Waals surface area contributed by atoms with Crippen LogP contribution in [-0.4, -0.2) is 16.4 Å². The third kappa shape index (κ3) is 9.00. The Morgan fingerprint density at radius 2 is 1.15 bits per heavy atom. The molecule has 0 radical (unpaired) electrons. The standard InChI is InChI=1S/C32H50F6OSi2/c1-7-10-11-17-20-41(23(4)5,21-18-15-13-12-14-16-19-40(6,8-2)9-3)39-32-26-24(27(34)30(37)31(32)38)22-25(33)28(35)29(26)36/h22-23H,7-21H2,1-6H3. The highest BCUT2D eigenvalue weighted by Crippen LogP contribution is 2.43. The molecule has 0 aliphatic carbocycles. The zero-order valence-electron chi connectivity index (χ0n) is 25.9. The fraction of sp³-hybridized carbons (Fsp3) is 0.688. The van der Waals surface area contributed by atoms with Crippen LogP contribution in [0.1, 0.15) is 98.8 Å². The smallest absolute Gasteiger partial charge is 0.253 e. The van der Waals surface area contributed by atoms with Crippen molar-refractivity contribution in [1.82, 2.24) is 0 Å². The molecule has 1 unspecified atom stereocenters. The summed E-state index contributed by atoms with van der Waals surface area (Å²) in [6.45, 7) is 13.1. The molecule has 0 amide bonds. The Hall–Kier alpha value is -1.49. The zero-order chi connectivity index (χ0) is 30.8. The third-order valence-electron chi connectivity index (χ3n) is 9.36. The lowest BCUT2D eigenvalue weighted by Gasteiger charge is -2.36. The molecule has 0 aromatic heterocycles. The summed E-state index contributed by atoms with van der Waals surface area (Å²) in [6, 6.07) is 5.64. The maximum absolute atomic E-state index is 15.2. The molecule has 234 valence electrons. The minimum Gasteiger partial charge on any atom is -0.541 e. The molecule has 9 heteroatoms. The number of hydrogen-bond acceptors (Lipinski definition) is 1.